The molecule has 0 radical (unpaired) electrons. The van der Waals surface area contributed by atoms with Gasteiger partial charge in [-0.05, 0) is 53.8 Å². The number of rotatable bonds is 2. The molecule has 1 aliphatic heterocycles. The van der Waals surface area contributed by atoms with E-state index in [1.165, 1.54) is 0 Å². The molecule has 0 saturated carbocycles. The number of nitrogens with zero attached hydrogens (tertiary/aromatic N) is 1. The zero-order valence-corrected chi connectivity index (χ0v) is 12.7. The SMILES string of the molecule is CC(C)(C)OC=O.CNC(=O)NC1CCN(C)CC1. The van der Waals surface area contributed by atoms with Crippen molar-refractivity contribution in [1.82, 2.24) is 15.5 Å². The molecule has 6 heteroatoms. The monoisotopic (exact) mass is 273 g/mol. The normalized spacial score (nSPS) is 16.9. The smallest absolute Gasteiger partial charge is 0.314 e. The minimum atomic E-state index is -0.318. The summed E-state index contributed by atoms with van der Waals surface area (Å²) in [6.45, 7) is 8.08. The van der Waals surface area contributed by atoms with Crippen LogP contribution in [0.5, 0.6) is 0 Å². The van der Waals surface area contributed by atoms with Crippen LogP contribution >= 0.6 is 0 Å². The molecule has 6 nitrogen and oxygen atoms in total. The maximum Gasteiger partial charge on any atom is 0.314 e. The van der Waals surface area contributed by atoms with Gasteiger partial charge in [-0.15, -0.1) is 0 Å². The quantitative estimate of drug-likeness (QED) is 0.735. The van der Waals surface area contributed by atoms with Crippen molar-refractivity contribution < 1.29 is 14.3 Å². The number of amides is 2. The van der Waals surface area contributed by atoms with Crippen LogP contribution in [0.3, 0.4) is 0 Å². The summed E-state index contributed by atoms with van der Waals surface area (Å²) >= 11 is 0. The van der Waals surface area contributed by atoms with Crippen molar-refractivity contribution in [2.75, 3.05) is 27.2 Å². The Morgan fingerprint density at radius 1 is 1.32 bits per heavy atom. The predicted octanol–water partition coefficient (Wildman–Crippen LogP) is 0.968. The van der Waals surface area contributed by atoms with E-state index in [0.29, 0.717) is 12.5 Å². The Kier molecular flexibility index (Phi) is 8.14. The van der Waals surface area contributed by atoms with Crippen molar-refractivity contribution in [2.45, 2.75) is 45.3 Å². The van der Waals surface area contributed by atoms with Gasteiger partial charge in [0.1, 0.15) is 5.60 Å². The summed E-state index contributed by atoms with van der Waals surface area (Å²) in [7, 11) is 3.75. The number of nitrogens with one attached hydrogen (secondary N) is 2. The molecule has 0 atom stereocenters. The maximum atomic E-state index is 10.9. The summed E-state index contributed by atoms with van der Waals surface area (Å²) in [6, 6.07) is 0.297. The molecule has 1 rings (SSSR count). The average molecular weight is 273 g/mol. The van der Waals surface area contributed by atoms with E-state index >= 15 is 0 Å². The largest absolute Gasteiger partial charge is 0.462 e. The Labute approximate surface area is 115 Å². The first-order chi connectivity index (χ1) is 8.78. The van der Waals surface area contributed by atoms with Crippen LogP contribution in [0.2, 0.25) is 0 Å². The van der Waals surface area contributed by atoms with Crippen molar-refractivity contribution in [3.05, 3.63) is 0 Å². The van der Waals surface area contributed by atoms with Crippen LogP contribution in [0.1, 0.15) is 33.6 Å². The number of hydrogen-bond acceptors (Lipinski definition) is 4. The van der Waals surface area contributed by atoms with Gasteiger partial charge in [0.15, 0.2) is 0 Å². The molecule has 0 aromatic carbocycles. The third-order valence-electron chi connectivity index (χ3n) is 2.68. The van der Waals surface area contributed by atoms with E-state index < -0.39 is 0 Å². The fraction of sp³-hybridized carbons (Fsp3) is 0.846. The first kappa shape index (κ1) is 17.7. The molecule has 1 saturated heterocycles. The molecule has 112 valence electrons. The maximum absolute atomic E-state index is 10.9. The Morgan fingerprint density at radius 2 is 1.84 bits per heavy atom. The molecule has 0 spiro atoms. The van der Waals surface area contributed by atoms with E-state index in [1.807, 2.05) is 20.8 Å². The summed E-state index contributed by atoms with van der Waals surface area (Å²) in [5, 5.41) is 5.47. The van der Waals surface area contributed by atoms with E-state index in [9.17, 15) is 9.59 Å². The molecule has 0 aromatic rings. The highest BCUT2D eigenvalue weighted by molar-refractivity contribution is 5.73. The van der Waals surface area contributed by atoms with Gasteiger partial charge in [-0.1, -0.05) is 0 Å². The van der Waals surface area contributed by atoms with Crippen molar-refractivity contribution >= 4 is 12.5 Å². The highest BCUT2D eigenvalue weighted by Crippen LogP contribution is 2.07. The molecule has 0 aliphatic carbocycles. The molecule has 2 amide bonds. The summed E-state index contributed by atoms with van der Waals surface area (Å²) in [6.07, 6.45) is 2.12. The van der Waals surface area contributed by atoms with E-state index in [0.717, 1.165) is 25.9 Å². The van der Waals surface area contributed by atoms with E-state index in [-0.39, 0.29) is 11.6 Å². The second kappa shape index (κ2) is 8.74. The minimum absolute atomic E-state index is 0.0652. The highest BCUT2D eigenvalue weighted by atomic mass is 16.5. The van der Waals surface area contributed by atoms with Gasteiger partial charge in [0.2, 0.25) is 0 Å². The van der Waals surface area contributed by atoms with Crippen molar-refractivity contribution in [3.8, 4) is 0 Å². The Hall–Kier alpha value is -1.30. The van der Waals surface area contributed by atoms with Crippen LogP contribution in [-0.2, 0) is 9.53 Å². The second-order valence-corrected chi connectivity index (χ2v) is 5.63. The van der Waals surface area contributed by atoms with Gasteiger partial charge < -0.3 is 20.3 Å². The number of piperidine rings is 1. The molecule has 19 heavy (non-hydrogen) atoms. The molecular weight excluding hydrogens is 246 g/mol. The Balaban J connectivity index is 0.000000399. The lowest BCUT2D eigenvalue weighted by Crippen LogP contribution is -2.46. The number of hydrogen-bond donors (Lipinski definition) is 2. The number of carbonyl (C=O) groups excluding carboxylic acids is 2. The van der Waals surface area contributed by atoms with Gasteiger partial charge in [0.05, 0.1) is 0 Å². The van der Waals surface area contributed by atoms with Crippen molar-refractivity contribution in [2.24, 2.45) is 0 Å². The van der Waals surface area contributed by atoms with Crippen LogP contribution in [0.25, 0.3) is 0 Å². The molecular formula is C13H27N3O3. The van der Waals surface area contributed by atoms with Crippen LogP contribution in [0, 0.1) is 0 Å². The summed E-state index contributed by atoms with van der Waals surface area (Å²) in [5.41, 5.74) is -0.318. The van der Waals surface area contributed by atoms with Crippen LogP contribution in [0.4, 0.5) is 4.79 Å². The van der Waals surface area contributed by atoms with Crippen molar-refractivity contribution in [3.63, 3.8) is 0 Å². The number of likely N-dealkylation sites (tertiary alicyclic amines) is 1. The van der Waals surface area contributed by atoms with Gasteiger partial charge in [-0.3, -0.25) is 4.79 Å². The van der Waals surface area contributed by atoms with E-state index in [1.54, 1.807) is 7.05 Å². The Bertz CT molecular complexity index is 269. The lowest BCUT2D eigenvalue weighted by atomic mass is 10.1. The lowest BCUT2D eigenvalue weighted by molar-refractivity contribution is -0.138. The van der Waals surface area contributed by atoms with Crippen molar-refractivity contribution in [1.29, 1.82) is 0 Å². The van der Waals surface area contributed by atoms with Gasteiger partial charge >= 0.3 is 6.03 Å². The predicted molar refractivity (Wildman–Crippen MR) is 75.0 cm³/mol. The molecule has 0 unspecified atom stereocenters. The highest BCUT2D eigenvalue weighted by Gasteiger charge is 2.17. The number of urea groups is 1. The average Bonchev–Trinajstić information content (AvgIpc) is 2.31. The molecule has 2 N–H and O–H groups in total. The molecule has 1 fully saturated rings. The Morgan fingerprint density at radius 3 is 2.16 bits per heavy atom. The summed E-state index contributed by atoms with van der Waals surface area (Å²) < 4.78 is 4.55. The van der Waals surface area contributed by atoms with Gasteiger partial charge in [0.25, 0.3) is 6.47 Å². The fourth-order valence-electron chi connectivity index (χ4n) is 1.55. The van der Waals surface area contributed by atoms with Crippen LogP contribution in [-0.4, -0.2) is 56.2 Å². The van der Waals surface area contributed by atoms with E-state index in [2.05, 4.69) is 27.3 Å². The topological polar surface area (TPSA) is 70.7 Å². The van der Waals surface area contributed by atoms with Gasteiger partial charge in [-0.2, -0.15) is 0 Å². The lowest BCUT2D eigenvalue weighted by Gasteiger charge is -2.29. The molecule has 1 aliphatic rings. The number of carbonyl (C=O) groups is 2. The van der Waals surface area contributed by atoms with Crippen LogP contribution in [0.15, 0.2) is 0 Å². The summed E-state index contributed by atoms with van der Waals surface area (Å²) in [5.74, 6) is 0. The standard InChI is InChI=1S/C8H17N3O.C5H10O2/c1-9-8(12)10-7-3-5-11(2)6-4-7;1-5(2,3)7-4-6/h7H,3-6H2,1-2H3,(H2,9,10,12);4H,1-3H3. The third-order valence-corrected chi connectivity index (χ3v) is 2.68. The zero-order chi connectivity index (χ0) is 14.9. The fourth-order valence-corrected chi connectivity index (χ4v) is 1.55. The molecule has 0 bridgehead atoms. The molecule has 1 heterocycles. The number of ether oxygens (including phenoxy) is 1. The van der Waals surface area contributed by atoms with Gasteiger partial charge in [-0.25, -0.2) is 4.79 Å². The first-order valence-corrected chi connectivity index (χ1v) is 6.56. The first-order valence-electron chi connectivity index (χ1n) is 6.56. The van der Waals surface area contributed by atoms with E-state index in [4.69, 9.17) is 0 Å². The second-order valence-electron chi connectivity index (χ2n) is 5.63. The zero-order valence-electron chi connectivity index (χ0n) is 12.7. The minimum Gasteiger partial charge on any atom is -0.462 e. The third kappa shape index (κ3) is 10.3. The molecule has 0 aromatic heterocycles. The van der Waals surface area contributed by atoms with Crippen LogP contribution < -0.4 is 10.6 Å². The van der Waals surface area contributed by atoms with Gasteiger partial charge in [0, 0.05) is 13.1 Å². The summed E-state index contributed by atoms with van der Waals surface area (Å²) in [4.78, 5) is 22.8.